The SMILES string of the molecule is Clc1cccc(-c2cccc3c2oc2cccc(-c4ccccc4)c23)c1-c1ccccc1. The van der Waals surface area contributed by atoms with E-state index in [0.29, 0.717) is 0 Å². The monoisotopic (exact) mass is 430 g/mol. The zero-order valence-corrected chi connectivity index (χ0v) is 18.0. The quantitative estimate of drug-likeness (QED) is 0.272. The van der Waals surface area contributed by atoms with Gasteiger partial charge in [0.2, 0.25) is 0 Å². The zero-order chi connectivity index (χ0) is 21.5. The van der Waals surface area contributed by atoms with Gasteiger partial charge in [0, 0.05) is 26.9 Å². The van der Waals surface area contributed by atoms with Crippen molar-refractivity contribution in [1.29, 1.82) is 0 Å². The van der Waals surface area contributed by atoms with Gasteiger partial charge in [-0.1, -0.05) is 115 Å². The molecule has 0 saturated carbocycles. The van der Waals surface area contributed by atoms with Gasteiger partial charge in [0.15, 0.2) is 0 Å². The summed E-state index contributed by atoms with van der Waals surface area (Å²) < 4.78 is 6.49. The van der Waals surface area contributed by atoms with E-state index in [-0.39, 0.29) is 0 Å². The van der Waals surface area contributed by atoms with Crippen LogP contribution in [0.5, 0.6) is 0 Å². The molecular formula is C30H19ClO. The molecule has 0 aliphatic heterocycles. The molecule has 0 aliphatic rings. The van der Waals surface area contributed by atoms with Crippen molar-refractivity contribution in [3.63, 3.8) is 0 Å². The van der Waals surface area contributed by atoms with Crippen molar-refractivity contribution in [2.45, 2.75) is 0 Å². The van der Waals surface area contributed by atoms with Crippen molar-refractivity contribution in [2.24, 2.45) is 0 Å². The number of benzene rings is 5. The Balaban J connectivity index is 1.67. The van der Waals surface area contributed by atoms with E-state index in [1.807, 2.05) is 42.5 Å². The maximum Gasteiger partial charge on any atom is 0.143 e. The number of furan rings is 1. The van der Waals surface area contributed by atoms with Gasteiger partial charge in [0.05, 0.1) is 0 Å². The second kappa shape index (κ2) is 7.71. The van der Waals surface area contributed by atoms with Crippen LogP contribution in [0.15, 0.2) is 120 Å². The van der Waals surface area contributed by atoms with Gasteiger partial charge in [-0.3, -0.25) is 0 Å². The number of halogens is 1. The Hall–Kier alpha value is -3.81. The lowest BCUT2D eigenvalue weighted by atomic mass is 9.92. The van der Waals surface area contributed by atoms with Crippen molar-refractivity contribution >= 4 is 33.5 Å². The standard InChI is InChI=1S/C30H19ClO/c31-26-18-8-15-23(28(26)21-12-5-2-6-13-21)24-16-7-17-25-29-22(20-10-3-1-4-11-20)14-9-19-27(29)32-30(24)25/h1-19H. The summed E-state index contributed by atoms with van der Waals surface area (Å²) in [6.45, 7) is 0. The van der Waals surface area contributed by atoms with Crippen LogP contribution in [0.25, 0.3) is 55.3 Å². The first-order valence-corrected chi connectivity index (χ1v) is 11.0. The molecule has 0 bridgehead atoms. The summed E-state index contributed by atoms with van der Waals surface area (Å²) in [6.07, 6.45) is 0. The van der Waals surface area contributed by atoms with Crippen molar-refractivity contribution in [3.05, 3.63) is 120 Å². The van der Waals surface area contributed by atoms with Gasteiger partial charge in [-0.2, -0.15) is 0 Å². The molecule has 0 spiro atoms. The first kappa shape index (κ1) is 18.9. The lowest BCUT2D eigenvalue weighted by Gasteiger charge is -2.12. The van der Waals surface area contributed by atoms with Crippen molar-refractivity contribution in [2.75, 3.05) is 0 Å². The third kappa shape index (κ3) is 3.02. The highest BCUT2D eigenvalue weighted by Crippen LogP contribution is 2.44. The Kier molecular flexibility index (Phi) is 4.56. The van der Waals surface area contributed by atoms with E-state index in [9.17, 15) is 0 Å². The van der Waals surface area contributed by atoms with Gasteiger partial charge in [0.1, 0.15) is 11.2 Å². The van der Waals surface area contributed by atoms with Crippen LogP contribution in [0, 0.1) is 0 Å². The van der Waals surface area contributed by atoms with Gasteiger partial charge < -0.3 is 4.42 Å². The van der Waals surface area contributed by atoms with Gasteiger partial charge in [-0.05, 0) is 34.4 Å². The molecule has 152 valence electrons. The highest BCUT2D eigenvalue weighted by atomic mass is 35.5. The van der Waals surface area contributed by atoms with Crippen molar-refractivity contribution in [3.8, 4) is 33.4 Å². The van der Waals surface area contributed by atoms with Crippen LogP contribution >= 0.6 is 11.6 Å². The predicted molar refractivity (Wildman–Crippen MR) is 135 cm³/mol. The molecule has 1 heterocycles. The zero-order valence-electron chi connectivity index (χ0n) is 17.3. The summed E-state index contributed by atoms with van der Waals surface area (Å²) in [5.41, 5.74) is 8.33. The van der Waals surface area contributed by atoms with E-state index in [1.54, 1.807) is 0 Å². The molecule has 6 aromatic rings. The first-order chi connectivity index (χ1) is 15.8. The van der Waals surface area contributed by atoms with Crippen molar-refractivity contribution in [1.82, 2.24) is 0 Å². The van der Waals surface area contributed by atoms with E-state index in [1.165, 1.54) is 11.1 Å². The van der Waals surface area contributed by atoms with E-state index in [2.05, 4.69) is 72.8 Å². The lowest BCUT2D eigenvalue weighted by molar-refractivity contribution is 0.670. The maximum absolute atomic E-state index is 6.72. The number of para-hydroxylation sites is 1. The molecule has 1 nitrogen and oxygen atoms in total. The Labute approximate surface area is 191 Å². The molecule has 1 aromatic heterocycles. The first-order valence-electron chi connectivity index (χ1n) is 10.7. The molecule has 0 N–H and O–H groups in total. The summed E-state index contributed by atoms with van der Waals surface area (Å²) in [5, 5.41) is 2.97. The lowest BCUT2D eigenvalue weighted by Crippen LogP contribution is -1.87. The van der Waals surface area contributed by atoms with Gasteiger partial charge >= 0.3 is 0 Å². The third-order valence-electron chi connectivity index (χ3n) is 5.97. The van der Waals surface area contributed by atoms with Crippen LogP contribution in [0.4, 0.5) is 0 Å². The van der Waals surface area contributed by atoms with Gasteiger partial charge in [-0.15, -0.1) is 0 Å². The highest BCUT2D eigenvalue weighted by molar-refractivity contribution is 6.34. The molecule has 0 saturated heterocycles. The number of hydrogen-bond donors (Lipinski definition) is 0. The molecule has 32 heavy (non-hydrogen) atoms. The van der Waals surface area contributed by atoms with E-state index in [4.69, 9.17) is 16.0 Å². The molecule has 0 amide bonds. The van der Waals surface area contributed by atoms with Gasteiger partial charge in [0.25, 0.3) is 0 Å². The minimum atomic E-state index is 0.729. The summed E-state index contributed by atoms with van der Waals surface area (Å²) in [6, 6.07) is 39.4. The Morgan fingerprint density at radius 2 is 1.12 bits per heavy atom. The molecule has 0 radical (unpaired) electrons. The summed E-state index contributed by atoms with van der Waals surface area (Å²) in [4.78, 5) is 0. The maximum atomic E-state index is 6.72. The average molecular weight is 431 g/mol. The van der Waals surface area contributed by atoms with E-state index >= 15 is 0 Å². The topological polar surface area (TPSA) is 13.1 Å². The van der Waals surface area contributed by atoms with Crippen LogP contribution < -0.4 is 0 Å². The Morgan fingerprint density at radius 3 is 1.91 bits per heavy atom. The average Bonchev–Trinajstić information content (AvgIpc) is 3.24. The Bertz CT molecular complexity index is 1560. The molecule has 5 aromatic carbocycles. The highest BCUT2D eigenvalue weighted by Gasteiger charge is 2.18. The molecule has 6 rings (SSSR count). The molecule has 0 aliphatic carbocycles. The number of hydrogen-bond acceptors (Lipinski definition) is 1. The second-order valence-corrected chi connectivity index (χ2v) is 8.26. The minimum absolute atomic E-state index is 0.729. The largest absolute Gasteiger partial charge is 0.455 e. The fourth-order valence-corrected chi connectivity index (χ4v) is 4.85. The van der Waals surface area contributed by atoms with E-state index in [0.717, 1.165) is 49.2 Å². The van der Waals surface area contributed by atoms with Crippen molar-refractivity contribution < 1.29 is 4.42 Å². The normalized spacial score (nSPS) is 11.3. The predicted octanol–water partition coefficient (Wildman–Crippen LogP) is 9.24. The molecule has 2 heteroatoms. The fourth-order valence-electron chi connectivity index (χ4n) is 4.56. The number of fused-ring (bicyclic) bond motifs is 3. The fraction of sp³-hybridized carbons (Fsp3) is 0. The van der Waals surface area contributed by atoms with Crippen LogP contribution in [-0.4, -0.2) is 0 Å². The van der Waals surface area contributed by atoms with Crippen LogP contribution in [0.1, 0.15) is 0 Å². The molecule has 0 unspecified atom stereocenters. The summed E-state index contributed by atoms with van der Waals surface area (Å²) >= 11 is 6.72. The minimum Gasteiger partial charge on any atom is -0.455 e. The van der Waals surface area contributed by atoms with Crippen LogP contribution in [-0.2, 0) is 0 Å². The van der Waals surface area contributed by atoms with Crippen LogP contribution in [0.3, 0.4) is 0 Å². The summed E-state index contributed by atoms with van der Waals surface area (Å²) in [7, 11) is 0. The summed E-state index contributed by atoms with van der Waals surface area (Å²) in [5.74, 6) is 0. The Morgan fingerprint density at radius 1 is 0.500 bits per heavy atom. The third-order valence-corrected chi connectivity index (χ3v) is 6.29. The molecule has 0 atom stereocenters. The van der Waals surface area contributed by atoms with E-state index < -0.39 is 0 Å². The molecule has 0 fully saturated rings. The molecular weight excluding hydrogens is 412 g/mol. The van der Waals surface area contributed by atoms with Gasteiger partial charge in [-0.25, -0.2) is 0 Å². The number of rotatable bonds is 3. The smallest absolute Gasteiger partial charge is 0.143 e. The second-order valence-electron chi connectivity index (χ2n) is 7.86. The van der Waals surface area contributed by atoms with Crippen LogP contribution in [0.2, 0.25) is 5.02 Å².